The minimum atomic E-state index is -0.316. The van der Waals surface area contributed by atoms with E-state index in [-0.39, 0.29) is 16.3 Å². The fourth-order valence-corrected chi connectivity index (χ4v) is 2.93. The molecule has 0 atom stereocenters. The number of hydrogen-bond donors (Lipinski definition) is 0. The number of carbonyl (C=O) groups excluding carboxylic acids is 2. The summed E-state index contributed by atoms with van der Waals surface area (Å²) in [5.74, 6) is 0.295. The number of Topliss-reactive ketones (excluding diaryl/α,β-unsaturated/α-hetero) is 1. The van der Waals surface area contributed by atoms with Gasteiger partial charge in [0.25, 0.3) is 0 Å². The second-order valence-electron chi connectivity index (χ2n) is 5.77. The molecule has 1 fully saturated rings. The normalized spacial score (nSPS) is 24.4. The zero-order valence-corrected chi connectivity index (χ0v) is 11.2. The third kappa shape index (κ3) is 3.05. The van der Waals surface area contributed by atoms with Crippen molar-refractivity contribution in [3.63, 3.8) is 0 Å². The van der Waals surface area contributed by atoms with Crippen molar-refractivity contribution in [2.45, 2.75) is 58.0 Å². The first-order valence-electron chi connectivity index (χ1n) is 5.63. The maximum absolute atomic E-state index is 11.7. The summed E-state index contributed by atoms with van der Waals surface area (Å²) in [6.07, 6.45) is 1.43. The van der Waals surface area contributed by atoms with Gasteiger partial charge in [0.1, 0.15) is 5.78 Å². The van der Waals surface area contributed by atoms with Crippen molar-refractivity contribution in [1.82, 2.24) is 4.90 Å². The van der Waals surface area contributed by atoms with Crippen LogP contribution in [-0.4, -0.2) is 33.5 Å². The van der Waals surface area contributed by atoms with Crippen molar-refractivity contribution in [3.8, 4) is 0 Å². The zero-order valence-electron chi connectivity index (χ0n) is 10.5. The molecule has 1 aliphatic heterocycles. The van der Waals surface area contributed by atoms with Crippen LogP contribution in [0.2, 0.25) is 0 Å². The lowest BCUT2D eigenvalue weighted by atomic mass is 9.79. The van der Waals surface area contributed by atoms with Gasteiger partial charge in [0, 0.05) is 36.9 Å². The van der Waals surface area contributed by atoms with Crippen molar-refractivity contribution in [1.29, 1.82) is 0 Å². The molecule has 4 heteroatoms. The van der Waals surface area contributed by atoms with Gasteiger partial charge in [0.2, 0.25) is 5.24 Å². The highest BCUT2D eigenvalue weighted by Crippen LogP contribution is 2.36. The highest BCUT2D eigenvalue weighted by atomic mass is 35.5. The van der Waals surface area contributed by atoms with E-state index >= 15 is 0 Å². The van der Waals surface area contributed by atoms with Crippen LogP contribution in [0.4, 0.5) is 0 Å². The Morgan fingerprint density at radius 3 is 2.06 bits per heavy atom. The van der Waals surface area contributed by atoms with Gasteiger partial charge in [-0.3, -0.25) is 14.5 Å². The molecule has 0 aromatic carbocycles. The van der Waals surface area contributed by atoms with E-state index in [1.165, 1.54) is 0 Å². The van der Waals surface area contributed by atoms with Gasteiger partial charge in [-0.05, 0) is 39.3 Å². The lowest BCUT2D eigenvalue weighted by molar-refractivity contribution is -0.133. The Morgan fingerprint density at radius 1 is 1.25 bits per heavy atom. The number of piperidine rings is 1. The second-order valence-corrected chi connectivity index (χ2v) is 6.20. The van der Waals surface area contributed by atoms with Crippen LogP contribution in [0.5, 0.6) is 0 Å². The molecule has 0 saturated carbocycles. The van der Waals surface area contributed by atoms with E-state index < -0.39 is 0 Å². The summed E-state index contributed by atoms with van der Waals surface area (Å²) in [5.41, 5.74) is -0.379. The molecule has 0 bridgehead atoms. The number of carbonyl (C=O) groups is 2. The molecule has 92 valence electrons. The summed E-state index contributed by atoms with van der Waals surface area (Å²) in [5, 5.41) is -0.316. The SMILES string of the molecule is CC1(C)CC(=O)CC(C)(C)N1CCC(=O)Cl. The van der Waals surface area contributed by atoms with Gasteiger partial charge in [0.05, 0.1) is 0 Å². The van der Waals surface area contributed by atoms with Crippen LogP contribution in [0, 0.1) is 0 Å². The van der Waals surface area contributed by atoms with E-state index in [9.17, 15) is 9.59 Å². The molecule has 0 unspecified atom stereocenters. The van der Waals surface area contributed by atoms with Crippen molar-refractivity contribution < 1.29 is 9.59 Å². The van der Waals surface area contributed by atoms with E-state index in [4.69, 9.17) is 11.6 Å². The number of rotatable bonds is 3. The predicted molar refractivity (Wildman–Crippen MR) is 64.6 cm³/mol. The highest BCUT2D eigenvalue weighted by molar-refractivity contribution is 6.63. The minimum absolute atomic E-state index is 0.189. The molecule has 1 heterocycles. The quantitative estimate of drug-likeness (QED) is 0.717. The number of likely N-dealkylation sites (tertiary alicyclic amines) is 1. The molecule has 0 amide bonds. The fourth-order valence-electron chi connectivity index (χ4n) is 2.84. The average molecular weight is 246 g/mol. The zero-order chi connectivity index (χ0) is 12.6. The minimum Gasteiger partial charge on any atom is -0.300 e. The van der Waals surface area contributed by atoms with Gasteiger partial charge in [-0.25, -0.2) is 0 Å². The Bertz CT molecular complexity index is 290. The van der Waals surface area contributed by atoms with Gasteiger partial charge in [0.15, 0.2) is 0 Å². The van der Waals surface area contributed by atoms with E-state index in [1.807, 2.05) is 27.7 Å². The molecule has 1 saturated heterocycles. The Hall–Kier alpha value is -0.410. The van der Waals surface area contributed by atoms with Gasteiger partial charge in [-0.2, -0.15) is 0 Å². The molecule has 16 heavy (non-hydrogen) atoms. The van der Waals surface area contributed by atoms with Crippen LogP contribution in [0.15, 0.2) is 0 Å². The van der Waals surface area contributed by atoms with Crippen LogP contribution in [0.3, 0.4) is 0 Å². The first-order chi connectivity index (χ1) is 7.15. The van der Waals surface area contributed by atoms with E-state index in [2.05, 4.69) is 4.90 Å². The van der Waals surface area contributed by atoms with Gasteiger partial charge in [-0.1, -0.05) is 0 Å². The Kier molecular flexibility index (Phi) is 3.80. The molecule has 0 N–H and O–H groups in total. The van der Waals surface area contributed by atoms with Crippen LogP contribution in [0.25, 0.3) is 0 Å². The Morgan fingerprint density at radius 2 is 1.69 bits per heavy atom. The summed E-state index contributed by atoms with van der Waals surface area (Å²) in [6.45, 7) is 8.81. The standard InChI is InChI=1S/C12H20ClNO2/c1-11(2)7-9(15)8-12(3,4)14(11)6-5-10(13)16/h5-8H2,1-4H3. The molecule has 0 spiro atoms. The molecule has 0 aliphatic carbocycles. The molecule has 1 aliphatic rings. The number of nitrogens with zero attached hydrogens (tertiary/aromatic N) is 1. The van der Waals surface area contributed by atoms with Crippen molar-refractivity contribution in [3.05, 3.63) is 0 Å². The summed E-state index contributed by atoms with van der Waals surface area (Å²) in [4.78, 5) is 24.7. The van der Waals surface area contributed by atoms with Crippen LogP contribution < -0.4 is 0 Å². The molecule has 3 nitrogen and oxygen atoms in total. The first-order valence-corrected chi connectivity index (χ1v) is 6.01. The fraction of sp³-hybridized carbons (Fsp3) is 0.833. The number of ketones is 1. The third-order valence-electron chi connectivity index (χ3n) is 3.25. The van der Waals surface area contributed by atoms with Crippen molar-refractivity contribution in [2.75, 3.05) is 6.54 Å². The maximum atomic E-state index is 11.7. The van der Waals surface area contributed by atoms with E-state index in [1.54, 1.807) is 0 Å². The van der Waals surface area contributed by atoms with Crippen LogP contribution in [0.1, 0.15) is 47.0 Å². The third-order valence-corrected chi connectivity index (χ3v) is 3.44. The molecular weight excluding hydrogens is 226 g/mol. The summed E-state index contributed by atoms with van der Waals surface area (Å²) < 4.78 is 0. The molecule has 0 aromatic rings. The van der Waals surface area contributed by atoms with Crippen LogP contribution >= 0.6 is 11.6 Å². The van der Waals surface area contributed by atoms with Gasteiger partial charge < -0.3 is 0 Å². The second kappa shape index (κ2) is 4.46. The predicted octanol–water partition coefficient (Wildman–Crippen LogP) is 2.36. The Balaban J connectivity index is 2.84. The van der Waals surface area contributed by atoms with E-state index in [0.29, 0.717) is 31.6 Å². The summed E-state index contributed by atoms with van der Waals surface area (Å²) in [6, 6.07) is 0. The topological polar surface area (TPSA) is 37.4 Å². The largest absolute Gasteiger partial charge is 0.300 e. The smallest absolute Gasteiger partial charge is 0.222 e. The summed E-state index contributed by atoms with van der Waals surface area (Å²) >= 11 is 5.38. The molecule has 0 aromatic heterocycles. The lowest BCUT2D eigenvalue weighted by Gasteiger charge is -2.52. The molecule has 0 radical (unpaired) electrons. The number of hydrogen-bond acceptors (Lipinski definition) is 3. The maximum Gasteiger partial charge on any atom is 0.222 e. The average Bonchev–Trinajstić information content (AvgIpc) is 1.96. The van der Waals surface area contributed by atoms with Gasteiger partial charge >= 0.3 is 0 Å². The first kappa shape index (κ1) is 13.7. The monoisotopic (exact) mass is 245 g/mol. The Labute approximate surface area is 102 Å². The molecular formula is C12H20ClNO2. The van der Waals surface area contributed by atoms with E-state index in [0.717, 1.165) is 0 Å². The lowest BCUT2D eigenvalue weighted by Crippen LogP contribution is -2.61. The van der Waals surface area contributed by atoms with Crippen molar-refractivity contribution >= 4 is 22.6 Å². The molecule has 1 rings (SSSR count). The van der Waals surface area contributed by atoms with Gasteiger partial charge in [-0.15, -0.1) is 0 Å². The highest BCUT2D eigenvalue weighted by Gasteiger charge is 2.44. The summed E-state index contributed by atoms with van der Waals surface area (Å²) in [7, 11) is 0. The van der Waals surface area contributed by atoms with Crippen molar-refractivity contribution in [2.24, 2.45) is 0 Å². The number of halogens is 1. The van der Waals surface area contributed by atoms with Crippen LogP contribution in [-0.2, 0) is 9.59 Å².